The van der Waals surface area contributed by atoms with Crippen molar-refractivity contribution in [1.29, 1.82) is 0 Å². The van der Waals surface area contributed by atoms with Crippen molar-refractivity contribution in [2.24, 2.45) is 0 Å². The first-order valence-electron chi connectivity index (χ1n) is 21.8. The molecule has 10 aromatic carbocycles. The summed E-state index contributed by atoms with van der Waals surface area (Å²) in [6.45, 7) is 0. The Balaban J connectivity index is 1.14. The zero-order chi connectivity index (χ0) is 41.7. The van der Waals surface area contributed by atoms with E-state index in [9.17, 15) is 0 Å². The van der Waals surface area contributed by atoms with E-state index < -0.39 is 5.41 Å². The maximum atomic E-state index is 2.51. The average molecular weight is 803 g/mol. The standard InChI is InChI=1S/C61H42N2/c1-4-21-43(22-5-1)44-39-41-47(42-40-44)62(56-35-17-13-29-50(56)49-28-11-10-27-48(49)45-23-6-2-7-24-45)59-38-20-34-55-60(59)51-30-12-14-31-52(51)61(55)53-32-15-18-36-57(53)63(46-25-8-3-9-26-46)58-37-19-16-33-54(58)61/h1-42H. The molecular formula is C61H42N2. The summed E-state index contributed by atoms with van der Waals surface area (Å²) in [4.78, 5) is 4.96. The number of rotatable bonds is 7. The number of benzene rings is 10. The first kappa shape index (κ1) is 36.6. The molecule has 0 bridgehead atoms. The average Bonchev–Trinajstić information content (AvgIpc) is 3.66. The van der Waals surface area contributed by atoms with Crippen LogP contribution in [0.5, 0.6) is 0 Å². The number of nitrogens with zero attached hydrogens (tertiary/aromatic N) is 2. The molecule has 0 amide bonds. The third kappa shape index (κ3) is 5.72. The minimum atomic E-state index is -0.581. The van der Waals surface area contributed by atoms with Gasteiger partial charge >= 0.3 is 0 Å². The van der Waals surface area contributed by atoms with E-state index >= 15 is 0 Å². The summed E-state index contributed by atoms with van der Waals surface area (Å²) in [5.41, 5.74) is 21.0. The number of para-hydroxylation sites is 4. The van der Waals surface area contributed by atoms with Gasteiger partial charge in [-0.15, -0.1) is 0 Å². The van der Waals surface area contributed by atoms with E-state index in [4.69, 9.17) is 0 Å². The second-order valence-electron chi connectivity index (χ2n) is 16.4. The lowest BCUT2D eigenvalue weighted by Crippen LogP contribution is -2.36. The Bertz CT molecular complexity index is 3230. The van der Waals surface area contributed by atoms with Crippen molar-refractivity contribution in [2.45, 2.75) is 5.41 Å². The summed E-state index contributed by atoms with van der Waals surface area (Å²) in [5, 5.41) is 0. The van der Waals surface area contributed by atoms with Gasteiger partial charge in [0, 0.05) is 22.5 Å². The summed E-state index contributed by atoms with van der Waals surface area (Å²) in [6, 6.07) is 93.3. The third-order valence-electron chi connectivity index (χ3n) is 13.1. The van der Waals surface area contributed by atoms with Crippen LogP contribution in [0, 0.1) is 0 Å². The highest BCUT2D eigenvalue weighted by molar-refractivity contribution is 6.03. The number of hydrogen-bond acceptors (Lipinski definition) is 2. The van der Waals surface area contributed by atoms with Gasteiger partial charge in [-0.3, -0.25) is 0 Å². The maximum absolute atomic E-state index is 2.51. The molecule has 63 heavy (non-hydrogen) atoms. The Morgan fingerprint density at radius 3 is 1.41 bits per heavy atom. The molecule has 1 heterocycles. The van der Waals surface area contributed by atoms with Gasteiger partial charge in [0.15, 0.2) is 0 Å². The molecule has 0 aromatic heterocycles. The normalized spacial score (nSPS) is 12.9. The van der Waals surface area contributed by atoms with Crippen LogP contribution < -0.4 is 9.80 Å². The Hall–Kier alpha value is -8.20. The van der Waals surface area contributed by atoms with Crippen molar-refractivity contribution in [3.63, 3.8) is 0 Å². The monoisotopic (exact) mass is 802 g/mol. The van der Waals surface area contributed by atoms with Gasteiger partial charge in [0.2, 0.25) is 0 Å². The summed E-state index contributed by atoms with van der Waals surface area (Å²) in [6.07, 6.45) is 0. The lowest BCUT2D eigenvalue weighted by atomic mass is 9.64. The van der Waals surface area contributed by atoms with E-state index in [1.54, 1.807) is 0 Å². The molecule has 1 aliphatic heterocycles. The molecule has 2 nitrogen and oxygen atoms in total. The van der Waals surface area contributed by atoms with Crippen LogP contribution in [0.4, 0.5) is 34.1 Å². The highest BCUT2D eigenvalue weighted by Crippen LogP contribution is 2.65. The molecule has 0 radical (unpaired) electrons. The molecule has 2 aliphatic rings. The predicted octanol–water partition coefficient (Wildman–Crippen LogP) is 16.3. The maximum Gasteiger partial charge on any atom is 0.0755 e. The number of anilines is 6. The first-order valence-corrected chi connectivity index (χ1v) is 21.8. The fourth-order valence-corrected chi connectivity index (χ4v) is 10.5. The molecule has 0 saturated heterocycles. The molecule has 0 N–H and O–H groups in total. The summed E-state index contributed by atoms with van der Waals surface area (Å²) in [5.74, 6) is 0. The van der Waals surface area contributed by atoms with Gasteiger partial charge in [-0.25, -0.2) is 0 Å². The molecule has 0 atom stereocenters. The van der Waals surface area contributed by atoms with Crippen LogP contribution in [0.25, 0.3) is 44.5 Å². The molecule has 1 spiro atoms. The summed E-state index contributed by atoms with van der Waals surface area (Å²) < 4.78 is 0. The molecule has 10 aromatic rings. The van der Waals surface area contributed by atoms with Crippen molar-refractivity contribution in [1.82, 2.24) is 0 Å². The molecule has 2 heteroatoms. The van der Waals surface area contributed by atoms with Crippen LogP contribution in [0.2, 0.25) is 0 Å². The van der Waals surface area contributed by atoms with Crippen molar-refractivity contribution in [2.75, 3.05) is 9.80 Å². The van der Waals surface area contributed by atoms with Gasteiger partial charge in [-0.1, -0.05) is 206 Å². The molecule has 296 valence electrons. The molecule has 0 saturated carbocycles. The molecule has 12 rings (SSSR count). The second-order valence-corrected chi connectivity index (χ2v) is 16.4. The fraction of sp³-hybridized carbons (Fsp3) is 0.0164. The summed E-state index contributed by atoms with van der Waals surface area (Å²) >= 11 is 0. The van der Waals surface area contributed by atoms with Crippen LogP contribution in [-0.4, -0.2) is 0 Å². The van der Waals surface area contributed by atoms with Crippen molar-refractivity contribution >= 4 is 34.1 Å². The lowest BCUT2D eigenvalue weighted by Gasteiger charge is -2.45. The van der Waals surface area contributed by atoms with Crippen LogP contribution in [0.15, 0.2) is 255 Å². The van der Waals surface area contributed by atoms with Gasteiger partial charge in [0.1, 0.15) is 0 Å². The van der Waals surface area contributed by atoms with Gasteiger partial charge in [0.25, 0.3) is 0 Å². The molecule has 0 unspecified atom stereocenters. The van der Waals surface area contributed by atoms with Gasteiger partial charge in [-0.2, -0.15) is 0 Å². The molecular weight excluding hydrogens is 761 g/mol. The molecule has 1 aliphatic carbocycles. The Labute approximate surface area is 369 Å². The topological polar surface area (TPSA) is 6.48 Å². The third-order valence-corrected chi connectivity index (χ3v) is 13.1. The highest BCUT2D eigenvalue weighted by Gasteiger charge is 2.52. The largest absolute Gasteiger partial charge is 0.310 e. The Kier molecular flexibility index (Phi) is 8.76. The van der Waals surface area contributed by atoms with E-state index in [1.807, 2.05) is 0 Å². The summed E-state index contributed by atoms with van der Waals surface area (Å²) in [7, 11) is 0. The number of hydrogen-bond donors (Lipinski definition) is 0. The Morgan fingerprint density at radius 2 is 0.746 bits per heavy atom. The van der Waals surface area contributed by atoms with E-state index in [0.717, 1.165) is 28.3 Å². The highest BCUT2D eigenvalue weighted by atomic mass is 15.2. The van der Waals surface area contributed by atoms with Crippen LogP contribution in [-0.2, 0) is 5.41 Å². The zero-order valence-corrected chi connectivity index (χ0v) is 34.6. The van der Waals surface area contributed by atoms with E-state index in [-0.39, 0.29) is 0 Å². The lowest BCUT2D eigenvalue weighted by molar-refractivity contribution is 0.752. The zero-order valence-electron chi connectivity index (χ0n) is 34.6. The van der Waals surface area contributed by atoms with Crippen LogP contribution in [0.1, 0.15) is 22.3 Å². The minimum Gasteiger partial charge on any atom is -0.310 e. The first-order chi connectivity index (χ1) is 31.3. The van der Waals surface area contributed by atoms with E-state index in [2.05, 4.69) is 265 Å². The van der Waals surface area contributed by atoms with Crippen LogP contribution >= 0.6 is 0 Å². The van der Waals surface area contributed by atoms with Gasteiger partial charge in [0.05, 0.1) is 28.2 Å². The Morgan fingerprint density at radius 1 is 0.286 bits per heavy atom. The van der Waals surface area contributed by atoms with E-state index in [1.165, 1.54) is 72.6 Å². The van der Waals surface area contributed by atoms with Gasteiger partial charge in [-0.05, 0) is 104 Å². The predicted molar refractivity (Wildman–Crippen MR) is 263 cm³/mol. The number of fused-ring (bicyclic) bond motifs is 9. The van der Waals surface area contributed by atoms with Gasteiger partial charge < -0.3 is 9.80 Å². The van der Waals surface area contributed by atoms with Crippen molar-refractivity contribution in [3.8, 4) is 44.5 Å². The smallest absolute Gasteiger partial charge is 0.0755 e. The van der Waals surface area contributed by atoms with Crippen molar-refractivity contribution < 1.29 is 0 Å². The quantitative estimate of drug-likeness (QED) is 0.158. The SMILES string of the molecule is c1ccc(-c2ccc(N(c3ccccc3-c3ccccc3-c3ccccc3)c3cccc4c3-c3ccccc3C43c4ccccc4N(c4ccccc4)c4ccccc43)cc2)cc1. The van der Waals surface area contributed by atoms with E-state index in [0.29, 0.717) is 0 Å². The van der Waals surface area contributed by atoms with Crippen LogP contribution in [0.3, 0.4) is 0 Å². The van der Waals surface area contributed by atoms with Crippen molar-refractivity contribution in [3.05, 3.63) is 277 Å². The fourth-order valence-electron chi connectivity index (χ4n) is 10.5. The molecule has 0 fully saturated rings. The second kappa shape index (κ2) is 15.1. The minimum absolute atomic E-state index is 0.581.